The molecule has 33 heavy (non-hydrogen) atoms. The van der Waals surface area contributed by atoms with Gasteiger partial charge in [-0.3, -0.25) is 18.7 Å². The summed E-state index contributed by atoms with van der Waals surface area (Å²) >= 11 is 0.887. The summed E-state index contributed by atoms with van der Waals surface area (Å²) < 4.78 is 20.1. The Morgan fingerprint density at radius 1 is 1.15 bits per heavy atom. The van der Waals surface area contributed by atoms with Crippen molar-refractivity contribution in [1.29, 1.82) is 0 Å². The average molecular weight is 472 g/mol. The number of carbonyl (C=O) groups is 1. The van der Waals surface area contributed by atoms with Crippen molar-refractivity contribution < 1.29 is 19.0 Å². The van der Waals surface area contributed by atoms with Gasteiger partial charge in [-0.15, -0.1) is 0 Å². The first kappa shape index (κ1) is 23.8. The number of benzene rings is 2. The molecule has 172 valence electrons. The van der Waals surface area contributed by atoms with Crippen molar-refractivity contribution in [3.05, 3.63) is 80.7 Å². The number of aromatic hydroxyl groups is 1. The van der Waals surface area contributed by atoms with Crippen molar-refractivity contribution in [3.8, 4) is 11.6 Å². The third kappa shape index (κ3) is 5.50. The molecule has 0 aliphatic heterocycles. The highest BCUT2D eigenvalue weighted by Crippen LogP contribution is 2.24. The van der Waals surface area contributed by atoms with Gasteiger partial charge in [-0.25, -0.2) is 14.2 Å². The fourth-order valence-electron chi connectivity index (χ4n) is 2.85. The molecule has 11 heteroatoms. The Hall–Kier alpha value is -3.86. The van der Waals surface area contributed by atoms with Gasteiger partial charge >= 0.3 is 5.69 Å². The first-order valence-electron chi connectivity index (χ1n) is 9.61. The second-order valence-electron chi connectivity index (χ2n) is 6.87. The predicted octanol–water partition coefficient (Wildman–Crippen LogP) is 2.39. The number of nitrogens with zero attached hydrogens (tertiary/aromatic N) is 3. The Kier molecular flexibility index (Phi) is 7.34. The van der Waals surface area contributed by atoms with Crippen molar-refractivity contribution in [1.82, 2.24) is 9.13 Å². The molecule has 0 radical (unpaired) electrons. The summed E-state index contributed by atoms with van der Waals surface area (Å²) in [5, 5.41) is 13.2. The molecule has 0 saturated carbocycles. The molecule has 9 nitrogen and oxygen atoms in total. The topological polar surface area (TPSA) is 115 Å². The number of aliphatic imine (C=N–C) groups is 1. The van der Waals surface area contributed by atoms with Crippen LogP contribution in [0.3, 0.4) is 0 Å². The molecule has 0 aliphatic rings. The van der Waals surface area contributed by atoms with Gasteiger partial charge in [0.05, 0.1) is 18.6 Å². The molecule has 0 saturated heterocycles. The average Bonchev–Trinajstić information content (AvgIpc) is 2.81. The van der Waals surface area contributed by atoms with Gasteiger partial charge in [0.15, 0.2) is 0 Å². The van der Waals surface area contributed by atoms with Crippen LogP contribution in [0.25, 0.3) is 0 Å². The van der Waals surface area contributed by atoms with Crippen LogP contribution in [0.15, 0.2) is 63.1 Å². The van der Waals surface area contributed by atoms with E-state index in [1.54, 1.807) is 24.3 Å². The Morgan fingerprint density at radius 2 is 1.85 bits per heavy atom. The molecule has 0 spiro atoms. The number of hydrogen-bond donors (Lipinski definition) is 2. The number of halogens is 1. The molecule has 0 atom stereocenters. The van der Waals surface area contributed by atoms with E-state index in [-0.39, 0.29) is 16.4 Å². The Balaban J connectivity index is 1.95. The smallest absolute Gasteiger partial charge is 0.333 e. The molecule has 1 amide bonds. The minimum atomic E-state index is -0.780. The van der Waals surface area contributed by atoms with Gasteiger partial charge in [-0.1, -0.05) is 17.8 Å². The number of methoxy groups -OCH3 is 1. The van der Waals surface area contributed by atoms with Crippen LogP contribution in [-0.2, 0) is 18.9 Å². The zero-order valence-corrected chi connectivity index (χ0v) is 18.9. The Labute approximate surface area is 192 Å². The summed E-state index contributed by atoms with van der Waals surface area (Å²) in [4.78, 5) is 41.7. The second-order valence-corrected chi connectivity index (χ2v) is 7.83. The van der Waals surface area contributed by atoms with Crippen LogP contribution in [0.1, 0.15) is 5.56 Å². The van der Waals surface area contributed by atoms with Crippen LogP contribution in [0.4, 0.5) is 15.8 Å². The lowest BCUT2D eigenvalue weighted by atomic mass is 10.3. The van der Waals surface area contributed by atoms with E-state index < -0.39 is 28.9 Å². The van der Waals surface area contributed by atoms with Crippen molar-refractivity contribution in [2.75, 3.05) is 18.2 Å². The first-order valence-corrected chi connectivity index (χ1v) is 10.6. The van der Waals surface area contributed by atoms with E-state index in [2.05, 4.69) is 10.3 Å². The zero-order valence-electron chi connectivity index (χ0n) is 18.0. The molecule has 1 heterocycles. The van der Waals surface area contributed by atoms with Crippen LogP contribution in [0.5, 0.6) is 11.6 Å². The number of anilines is 1. The summed E-state index contributed by atoms with van der Waals surface area (Å²) in [7, 11) is 4.08. The lowest BCUT2D eigenvalue weighted by Gasteiger charge is -2.12. The SMILES string of the molecule is COc1cccc(NC(=O)CSC(=Nc2ccc(F)cc2)c2c(O)n(C)c(=O)n(C)c2=O)c1. The van der Waals surface area contributed by atoms with Crippen molar-refractivity contribution in [3.63, 3.8) is 0 Å². The molecule has 0 unspecified atom stereocenters. The molecule has 2 N–H and O–H groups in total. The van der Waals surface area contributed by atoms with Crippen LogP contribution in [0.2, 0.25) is 0 Å². The number of nitrogens with one attached hydrogen (secondary N) is 1. The van der Waals surface area contributed by atoms with Crippen LogP contribution < -0.4 is 21.3 Å². The van der Waals surface area contributed by atoms with Gasteiger partial charge in [0.2, 0.25) is 11.8 Å². The minimum Gasteiger partial charge on any atom is -0.497 e. The van der Waals surface area contributed by atoms with Gasteiger partial charge < -0.3 is 15.2 Å². The standard InChI is InChI=1S/C22H21FN4O5S/c1-26-20(29)18(21(30)27(2)22(26)31)19(25-14-9-7-13(23)8-10-14)33-12-17(28)24-15-5-4-6-16(11-15)32-3/h4-11,29H,12H2,1-3H3,(H,24,28). The van der Waals surface area contributed by atoms with E-state index >= 15 is 0 Å². The highest BCUT2D eigenvalue weighted by Gasteiger charge is 2.22. The molecular formula is C22H21FN4O5S. The highest BCUT2D eigenvalue weighted by molar-refractivity contribution is 8.15. The lowest BCUT2D eigenvalue weighted by molar-refractivity contribution is -0.113. The normalized spacial score (nSPS) is 11.3. The number of ether oxygens (including phenoxy) is 1. The highest BCUT2D eigenvalue weighted by atomic mass is 32.2. The first-order chi connectivity index (χ1) is 15.7. The molecule has 1 aromatic heterocycles. The molecule has 3 rings (SSSR count). The largest absolute Gasteiger partial charge is 0.497 e. The van der Waals surface area contributed by atoms with Crippen molar-refractivity contribution in [2.24, 2.45) is 19.1 Å². The van der Waals surface area contributed by atoms with Crippen LogP contribution in [0, 0.1) is 5.82 Å². The zero-order chi connectivity index (χ0) is 24.1. The monoisotopic (exact) mass is 472 g/mol. The van der Waals surface area contributed by atoms with E-state index in [0.29, 0.717) is 17.1 Å². The maximum atomic E-state index is 13.3. The number of carbonyl (C=O) groups excluding carboxylic acids is 1. The van der Waals surface area contributed by atoms with Gasteiger partial charge in [-0.2, -0.15) is 0 Å². The van der Waals surface area contributed by atoms with E-state index in [0.717, 1.165) is 20.9 Å². The summed E-state index contributed by atoms with van der Waals surface area (Å²) in [5.41, 5.74) is -0.941. The number of hydrogen-bond acceptors (Lipinski definition) is 7. The van der Waals surface area contributed by atoms with Crippen molar-refractivity contribution in [2.45, 2.75) is 0 Å². The molecule has 2 aromatic carbocycles. The van der Waals surface area contributed by atoms with E-state index in [9.17, 15) is 23.9 Å². The summed E-state index contributed by atoms with van der Waals surface area (Å²) in [5.74, 6) is -1.06. The van der Waals surface area contributed by atoms with E-state index in [1.807, 2.05) is 0 Å². The summed E-state index contributed by atoms with van der Waals surface area (Å²) in [6.07, 6.45) is 0. The molecule has 3 aromatic rings. The number of rotatable bonds is 6. The minimum absolute atomic E-state index is 0.00361. The molecule has 0 aliphatic carbocycles. The quantitative estimate of drug-likeness (QED) is 0.421. The van der Waals surface area contributed by atoms with Crippen molar-refractivity contribution >= 4 is 34.1 Å². The van der Waals surface area contributed by atoms with Gasteiger partial charge in [0.1, 0.15) is 22.2 Å². The van der Waals surface area contributed by atoms with Crippen LogP contribution >= 0.6 is 11.8 Å². The fraction of sp³-hybridized carbons (Fsp3) is 0.182. The predicted molar refractivity (Wildman–Crippen MR) is 125 cm³/mol. The Morgan fingerprint density at radius 3 is 2.52 bits per heavy atom. The fourth-order valence-corrected chi connectivity index (χ4v) is 3.68. The van der Waals surface area contributed by atoms with Gasteiger partial charge in [0.25, 0.3) is 5.56 Å². The maximum absolute atomic E-state index is 13.3. The van der Waals surface area contributed by atoms with Gasteiger partial charge in [-0.05, 0) is 36.4 Å². The summed E-state index contributed by atoms with van der Waals surface area (Å²) in [6, 6.07) is 11.9. The molecular weight excluding hydrogens is 451 g/mol. The maximum Gasteiger partial charge on any atom is 0.333 e. The number of thioether (sulfide) groups is 1. The molecule has 0 bridgehead atoms. The second kappa shape index (κ2) is 10.2. The van der Waals surface area contributed by atoms with E-state index in [1.165, 1.54) is 45.5 Å². The third-order valence-electron chi connectivity index (χ3n) is 4.60. The summed E-state index contributed by atoms with van der Waals surface area (Å²) in [6.45, 7) is 0. The lowest BCUT2D eigenvalue weighted by Crippen LogP contribution is -2.39. The van der Waals surface area contributed by atoms with Crippen LogP contribution in [-0.4, -0.2) is 38.1 Å². The van der Waals surface area contributed by atoms with Gasteiger partial charge in [0, 0.05) is 25.8 Å². The molecule has 0 fully saturated rings. The van der Waals surface area contributed by atoms with E-state index in [4.69, 9.17) is 4.74 Å². The number of amides is 1. The Bertz CT molecular complexity index is 1330. The number of aromatic nitrogens is 2. The third-order valence-corrected chi connectivity index (χ3v) is 5.57.